The Hall–Kier alpha value is -6.14. The summed E-state index contributed by atoms with van der Waals surface area (Å²) in [5, 5.41) is 0. The summed E-state index contributed by atoms with van der Waals surface area (Å²) >= 11 is 0. The van der Waals surface area contributed by atoms with Crippen molar-refractivity contribution in [1.82, 2.24) is 9.97 Å². The van der Waals surface area contributed by atoms with Crippen LogP contribution in [0.4, 0.5) is 45.5 Å². The molecule has 0 aliphatic carbocycles. The Bertz CT molecular complexity index is 2100. The predicted octanol–water partition coefficient (Wildman–Crippen LogP) is 9.38. The average molecular weight is 569 g/mol. The number of hydrogen-bond acceptors (Lipinski definition) is 6. The maximum atomic E-state index is 6.79. The van der Waals surface area contributed by atoms with E-state index in [1.807, 2.05) is 36.4 Å². The van der Waals surface area contributed by atoms with Crippen molar-refractivity contribution in [2.75, 3.05) is 21.3 Å². The Balaban J connectivity index is 1.27. The first kappa shape index (κ1) is 25.6. The van der Waals surface area contributed by atoms with E-state index in [1.54, 1.807) is 12.4 Å². The molecule has 210 valence electrons. The molecule has 6 heteroatoms. The molecule has 0 saturated carbocycles. The van der Waals surface area contributed by atoms with Crippen LogP contribution in [0.3, 0.4) is 0 Å². The molecule has 1 aliphatic heterocycles. The quantitative estimate of drug-likeness (QED) is 0.206. The van der Waals surface area contributed by atoms with E-state index in [4.69, 9.17) is 21.4 Å². The van der Waals surface area contributed by atoms with E-state index in [0.29, 0.717) is 11.4 Å². The maximum absolute atomic E-state index is 6.79. The molecule has 2 heterocycles. The van der Waals surface area contributed by atoms with Gasteiger partial charge in [0.1, 0.15) is 0 Å². The highest BCUT2D eigenvalue weighted by Gasteiger charge is 2.30. The average Bonchev–Trinajstić information content (AvgIpc) is 3.09. The molecule has 6 nitrogen and oxygen atoms in total. The first-order chi connectivity index (χ1) is 21.7. The molecule has 0 fully saturated rings. The number of para-hydroxylation sites is 5. The molecule has 0 atom stereocenters. The summed E-state index contributed by atoms with van der Waals surface area (Å²) in [5.74, 6) is 0. The fourth-order valence-electron chi connectivity index (χ4n) is 6.27. The molecular weight excluding hydrogens is 540 g/mol. The summed E-state index contributed by atoms with van der Waals surface area (Å²) in [6.07, 6.45) is 3.39. The minimum absolute atomic E-state index is 0.497. The van der Waals surface area contributed by atoms with Gasteiger partial charge in [0, 0.05) is 34.9 Å². The van der Waals surface area contributed by atoms with Crippen LogP contribution in [0.2, 0.25) is 0 Å². The van der Waals surface area contributed by atoms with Gasteiger partial charge in [-0.25, -0.2) is 0 Å². The van der Waals surface area contributed by atoms with Crippen molar-refractivity contribution >= 4 is 56.5 Å². The number of rotatable bonds is 4. The van der Waals surface area contributed by atoms with Crippen molar-refractivity contribution in [3.8, 4) is 22.3 Å². The molecule has 8 rings (SSSR count). The number of nitrogens with zero attached hydrogens (tertiary/aromatic N) is 4. The third kappa shape index (κ3) is 3.96. The minimum Gasteiger partial charge on any atom is -0.396 e. The Morgan fingerprint density at radius 3 is 1.20 bits per heavy atom. The van der Waals surface area contributed by atoms with E-state index in [2.05, 4.69) is 107 Å². The van der Waals surface area contributed by atoms with Crippen LogP contribution in [-0.4, -0.2) is 9.97 Å². The maximum Gasteiger partial charge on any atom is 0.0993 e. The molecule has 44 heavy (non-hydrogen) atoms. The number of aromatic nitrogens is 2. The first-order valence-corrected chi connectivity index (χ1v) is 14.5. The van der Waals surface area contributed by atoms with Crippen LogP contribution in [0.15, 0.2) is 146 Å². The molecule has 4 N–H and O–H groups in total. The van der Waals surface area contributed by atoms with Crippen LogP contribution in [0, 0.1) is 0 Å². The van der Waals surface area contributed by atoms with Crippen molar-refractivity contribution in [3.05, 3.63) is 146 Å². The van der Waals surface area contributed by atoms with Crippen LogP contribution >= 0.6 is 0 Å². The minimum atomic E-state index is 0.497. The summed E-state index contributed by atoms with van der Waals surface area (Å²) in [4.78, 5) is 14.1. The van der Waals surface area contributed by atoms with Crippen molar-refractivity contribution in [1.29, 1.82) is 0 Å². The monoisotopic (exact) mass is 568 g/mol. The smallest absolute Gasteiger partial charge is 0.0993 e. The number of benzene rings is 6. The summed E-state index contributed by atoms with van der Waals surface area (Å²) in [5.41, 5.74) is 26.0. The van der Waals surface area contributed by atoms with Gasteiger partial charge >= 0.3 is 0 Å². The van der Waals surface area contributed by atoms with E-state index in [9.17, 15) is 0 Å². The summed E-state index contributed by atoms with van der Waals surface area (Å²) in [6.45, 7) is 0. The largest absolute Gasteiger partial charge is 0.396 e. The third-order valence-electron chi connectivity index (χ3n) is 8.22. The lowest BCUT2D eigenvalue weighted by molar-refractivity contribution is 1.17. The highest BCUT2D eigenvalue weighted by molar-refractivity contribution is 6.12. The van der Waals surface area contributed by atoms with Gasteiger partial charge in [-0.3, -0.25) is 9.97 Å². The highest BCUT2D eigenvalue weighted by Crippen LogP contribution is 2.54. The number of nitrogen functional groups attached to an aromatic ring is 2. The fraction of sp³-hybridized carbons (Fsp3) is 0. The van der Waals surface area contributed by atoms with E-state index >= 15 is 0 Å². The van der Waals surface area contributed by atoms with Gasteiger partial charge in [0.15, 0.2) is 0 Å². The molecule has 1 aromatic heterocycles. The van der Waals surface area contributed by atoms with Crippen molar-refractivity contribution < 1.29 is 0 Å². The Kier molecular flexibility index (Phi) is 5.98. The lowest BCUT2D eigenvalue weighted by atomic mass is 9.93. The first-order valence-electron chi connectivity index (χ1n) is 14.5. The lowest BCUT2D eigenvalue weighted by Crippen LogP contribution is -2.23. The van der Waals surface area contributed by atoms with Crippen LogP contribution in [-0.2, 0) is 0 Å². The van der Waals surface area contributed by atoms with Crippen molar-refractivity contribution in [2.24, 2.45) is 0 Å². The van der Waals surface area contributed by atoms with E-state index < -0.39 is 0 Å². The predicted molar refractivity (Wildman–Crippen MR) is 182 cm³/mol. The van der Waals surface area contributed by atoms with Gasteiger partial charge in [0.05, 0.1) is 45.2 Å². The number of anilines is 8. The van der Waals surface area contributed by atoms with Gasteiger partial charge in [-0.05, 0) is 59.7 Å². The Morgan fingerprint density at radius 1 is 0.386 bits per heavy atom. The molecule has 7 aromatic rings. The van der Waals surface area contributed by atoms with Crippen LogP contribution in [0.1, 0.15) is 0 Å². The summed E-state index contributed by atoms with van der Waals surface area (Å²) < 4.78 is 0. The molecule has 0 radical (unpaired) electrons. The number of fused-ring (bicyclic) bond motifs is 3. The summed E-state index contributed by atoms with van der Waals surface area (Å²) in [7, 11) is 0. The van der Waals surface area contributed by atoms with Crippen LogP contribution in [0.25, 0.3) is 33.3 Å². The molecule has 1 aliphatic rings. The number of nitrogens with two attached hydrogens (primary N) is 2. The normalized spacial score (nSPS) is 12.2. The zero-order chi connectivity index (χ0) is 29.6. The van der Waals surface area contributed by atoms with Crippen LogP contribution in [0.5, 0.6) is 0 Å². The standard InChI is InChI=1S/C38H28N6/c39-35-33(25-11-3-1-4-12-25)37-38(42-24-23-41-37)34(36(35)40)26-19-21-28(22-20-26)44-31-17-9-7-15-29(31)43(27-13-5-2-6-14-27)30-16-8-10-18-32(30)44/h1-24H,39-40H2. The van der Waals surface area contributed by atoms with E-state index in [1.165, 1.54) is 0 Å². The zero-order valence-electron chi connectivity index (χ0n) is 23.8. The Labute approximate surface area is 255 Å². The molecule has 0 unspecified atom stereocenters. The Morgan fingerprint density at radius 2 is 0.750 bits per heavy atom. The molecule has 0 amide bonds. The van der Waals surface area contributed by atoms with Gasteiger partial charge in [-0.2, -0.15) is 0 Å². The topological polar surface area (TPSA) is 84.3 Å². The second-order valence-electron chi connectivity index (χ2n) is 10.7. The van der Waals surface area contributed by atoms with Crippen molar-refractivity contribution in [2.45, 2.75) is 0 Å². The molecule has 0 spiro atoms. The van der Waals surface area contributed by atoms with Gasteiger partial charge in [-0.15, -0.1) is 0 Å². The van der Waals surface area contributed by atoms with Gasteiger partial charge in [0.2, 0.25) is 0 Å². The number of hydrogen-bond donors (Lipinski definition) is 2. The zero-order valence-corrected chi connectivity index (χ0v) is 23.8. The molecule has 6 aromatic carbocycles. The van der Waals surface area contributed by atoms with Crippen LogP contribution < -0.4 is 21.3 Å². The summed E-state index contributed by atoms with van der Waals surface area (Å²) in [6, 6.07) is 45.9. The van der Waals surface area contributed by atoms with Crippen molar-refractivity contribution in [3.63, 3.8) is 0 Å². The van der Waals surface area contributed by atoms with Gasteiger partial charge in [-0.1, -0.05) is 84.9 Å². The SMILES string of the molecule is Nc1c(N)c(-c2ccc(N3c4ccccc4N(c4ccccc4)c4ccccc43)cc2)c2nccnc2c1-c1ccccc1. The van der Waals surface area contributed by atoms with Gasteiger partial charge in [0.25, 0.3) is 0 Å². The second-order valence-corrected chi connectivity index (χ2v) is 10.7. The molecule has 0 saturated heterocycles. The molecular formula is C38H28N6. The lowest BCUT2D eigenvalue weighted by Gasteiger charge is -2.40. The fourth-order valence-corrected chi connectivity index (χ4v) is 6.27. The third-order valence-corrected chi connectivity index (χ3v) is 8.22. The van der Waals surface area contributed by atoms with Gasteiger partial charge < -0.3 is 21.3 Å². The second kappa shape index (κ2) is 10.3. The molecule has 0 bridgehead atoms. The van der Waals surface area contributed by atoms with E-state index in [-0.39, 0.29) is 0 Å². The van der Waals surface area contributed by atoms with E-state index in [0.717, 1.165) is 67.4 Å². The highest BCUT2D eigenvalue weighted by atomic mass is 15.3.